The molecule has 12 heavy (non-hydrogen) atoms. The van der Waals surface area contributed by atoms with Gasteiger partial charge in [-0.25, -0.2) is 0 Å². The van der Waals surface area contributed by atoms with E-state index in [1.807, 2.05) is 0 Å². The van der Waals surface area contributed by atoms with Gasteiger partial charge in [0.05, 0.1) is 0 Å². The fourth-order valence-corrected chi connectivity index (χ4v) is 1.58. The van der Waals surface area contributed by atoms with Crippen LogP contribution in [0.2, 0.25) is 0 Å². The van der Waals surface area contributed by atoms with Crippen LogP contribution in [0.25, 0.3) is 0 Å². The van der Waals surface area contributed by atoms with Crippen LogP contribution < -0.4 is 0 Å². The minimum atomic E-state index is -3.73. The van der Waals surface area contributed by atoms with E-state index < -0.39 is 10.4 Å². The van der Waals surface area contributed by atoms with E-state index >= 15 is 0 Å². The standard InChI is InChI=1S/C7H12O4S/c1-2-3-4-5-7-6-10-12(8,9)11-7/h6H,2-5H2,1H3. The number of hydrogen-bond acceptors (Lipinski definition) is 4. The van der Waals surface area contributed by atoms with E-state index in [0.717, 1.165) is 25.5 Å². The second kappa shape index (κ2) is 3.80. The zero-order chi connectivity index (χ0) is 9.03. The first-order valence-corrected chi connectivity index (χ1v) is 5.29. The number of allylic oxidation sites excluding steroid dienone is 1. The first-order valence-electron chi connectivity index (χ1n) is 3.96. The molecule has 0 radical (unpaired) electrons. The average molecular weight is 192 g/mol. The lowest BCUT2D eigenvalue weighted by Gasteiger charge is -1.97. The van der Waals surface area contributed by atoms with Gasteiger partial charge in [-0.05, 0) is 6.42 Å². The highest BCUT2D eigenvalue weighted by molar-refractivity contribution is 7.82. The van der Waals surface area contributed by atoms with E-state index in [1.165, 1.54) is 0 Å². The lowest BCUT2D eigenvalue weighted by molar-refractivity contribution is 0.359. The Morgan fingerprint density at radius 2 is 2.17 bits per heavy atom. The topological polar surface area (TPSA) is 52.6 Å². The van der Waals surface area contributed by atoms with Crippen LogP contribution in [0, 0.1) is 0 Å². The summed E-state index contributed by atoms with van der Waals surface area (Å²) in [5.74, 6) is 0.406. The van der Waals surface area contributed by atoms with Gasteiger partial charge in [-0.15, -0.1) is 8.42 Å². The Morgan fingerprint density at radius 1 is 1.42 bits per heavy atom. The van der Waals surface area contributed by atoms with Crippen molar-refractivity contribution in [3.63, 3.8) is 0 Å². The van der Waals surface area contributed by atoms with Crippen LogP contribution in [0.4, 0.5) is 0 Å². The molecule has 0 unspecified atom stereocenters. The quantitative estimate of drug-likeness (QED) is 0.636. The Morgan fingerprint density at radius 3 is 2.67 bits per heavy atom. The minimum absolute atomic E-state index is 0.406. The Labute approximate surface area is 72.5 Å². The summed E-state index contributed by atoms with van der Waals surface area (Å²) >= 11 is 0. The molecule has 0 bridgehead atoms. The molecule has 0 aliphatic carbocycles. The van der Waals surface area contributed by atoms with Crippen molar-refractivity contribution < 1.29 is 16.8 Å². The SMILES string of the molecule is CCCCCC1=COS(=O)(=O)O1. The summed E-state index contributed by atoms with van der Waals surface area (Å²) in [5, 5.41) is 0. The molecule has 0 saturated heterocycles. The van der Waals surface area contributed by atoms with Gasteiger partial charge in [0.25, 0.3) is 0 Å². The summed E-state index contributed by atoms with van der Waals surface area (Å²) < 4.78 is 29.9. The molecule has 0 amide bonds. The van der Waals surface area contributed by atoms with Gasteiger partial charge in [-0.1, -0.05) is 19.8 Å². The van der Waals surface area contributed by atoms with Crippen molar-refractivity contribution in [1.29, 1.82) is 0 Å². The first-order chi connectivity index (χ1) is 5.64. The summed E-state index contributed by atoms with van der Waals surface area (Å²) in [7, 11) is -3.73. The highest BCUT2D eigenvalue weighted by Gasteiger charge is 2.22. The van der Waals surface area contributed by atoms with E-state index in [-0.39, 0.29) is 0 Å². The number of hydrogen-bond donors (Lipinski definition) is 0. The lowest BCUT2D eigenvalue weighted by Crippen LogP contribution is -1.97. The maximum absolute atomic E-state index is 10.6. The summed E-state index contributed by atoms with van der Waals surface area (Å²) in [6, 6.07) is 0. The average Bonchev–Trinajstić information content (AvgIpc) is 2.31. The van der Waals surface area contributed by atoms with Gasteiger partial charge in [-0.2, -0.15) is 0 Å². The molecule has 4 nitrogen and oxygen atoms in total. The van der Waals surface area contributed by atoms with Gasteiger partial charge in [0, 0.05) is 6.42 Å². The minimum Gasteiger partial charge on any atom is -0.357 e. The molecular formula is C7H12O4S. The van der Waals surface area contributed by atoms with Crippen molar-refractivity contribution >= 4 is 10.4 Å². The molecule has 0 N–H and O–H groups in total. The number of rotatable bonds is 4. The molecule has 0 saturated carbocycles. The Kier molecular flexibility index (Phi) is 2.97. The van der Waals surface area contributed by atoms with E-state index in [1.54, 1.807) is 0 Å². The number of unbranched alkanes of at least 4 members (excludes halogenated alkanes) is 2. The van der Waals surface area contributed by atoms with Crippen LogP contribution in [0.15, 0.2) is 12.0 Å². The zero-order valence-electron chi connectivity index (χ0n) is 6.95. The third kappa shape index (κ3) is 2.73. The molecule has 0 aromatic heterocycles. The first kappa shape index (κ1) is 9.38. The summed E-state index contributed by atoms with van der Waals surface area (Å²) in [6.45, 7) is 2.08. The van der Waals surface area contributed by atoms with Crippen LogP contribution in [0.5, 0.6) is 0 Å². The summed E-state index contributed by atoms with van der Waals surface area (Å²) in [5.41, 5.74) is 0. The fourth-order valence-electron chi connectivity index (χ4n) is 0.933. The van der Waals surface area contributed by atoms with Crippen LogP contribution in [-0.4, -0.2) is 8.42 Å². The molecule has 0 aromatic carbocycles. The van der Waals surface area contributed by atoms with Crippen molar-refractivity contribution in [3.8, 4) is 0 Å². The molecule has 0 fully saturated rings. The maximum Gasteiger partial charge on any atom is 0.500 e. The molecule has 1 aliphatic rings. The van der Waals surface area contributed by atoms with E-state index in [9.17, 15) is 8.42 Å². The van der Waals surface area contributed by atoms with Gasteiger partial charge >= 0.3 is 10.4 Å². The highest BCUT2D eigenvalue weighted by Crippen LogP contribution is 2.20. The predicted octanol–water partition coefficient (Wildman–Crippen LogP) is 1.70. The van der Waals surface area contributed by atoms with Crippen molar-refractivity contribution in [2.75, 3.05) is 0 Å². The van der Waals surface area contributed by atoms with Gasteiger partial charge in [0.15, 0.2) is 5.76 Å². The molecular weight excluding hydrogens is 180 g/mol. The van der Waals surface area contributed by atoms with E-state index in [0.29, 0.717) is 12.2 Å². The van der Waals surface area contributed by atoms with Crippen molar-refractivity contribution in [1.82, 2.24) is 0 Å². The molecule has 0 atom stereocenters. The molecule has 1 rings (SSSR count). The fraction of sp³-hybridized carbons (Fsp3) is 0.714. The van der Waals surface area contributed by atoms with Crippen molar-refractivity contribution in [2.45, 2.75) is 32.6 Å². The molecule has 0 spiro atoms. The predicted molar refractivity (Wildman–Crippen MR) is 43.3 cm³/mol. The third-order valence-corrected chi connectivity index (χ3v) is 2.28. The second-order valence-electron chi connectivity index (χ2n) is 2.63. The van der Waals surface area contributed by atoms with Crippen molar-refractivity contribution in [3.05, 3.63) is 12.0 Å². The molecule has 1 aliphatic heterocycles. The van der Waals surface area contributed by atoms with E-state index in [2.05, 4.69) is 15.3 Å². The molecule has 5 heteroatoms. The monoisotopic (exact) mass is 192 g/mol. The maximum atomic E-state index is 10.6. The largest absolute Gasteiger partial charge is 0.500 e. The van der Waals surface area contributed by atoms with Crippen LogP contribution >= 0.6 is 0 Å². The van der Waals surface area contributed by atoms with Gasteiger partial charge in [0.1, 0.15) is 6.26 Å². The zero-order valence-corrected chi connectivity index (χ0v) is 7.76. The van der Waals surface area contributed by atoms with Crippen LogP contribution in [-0.2, 0) is 18.8 Å². The molecule has 0 aromatic rings. The van der Waals surface area contributed by atoms with E-state index in [4.69, 9.17) is 0 Å². The second-order valence-corrected chi connectivity index (χ2v) is 3.80. The van der Waals surface area contributed by atoms with Crippen molar-refractivity contribution in [2.24, 2.45) is 0 Å². The Balaban J connectivity index is 2.28. The Hall–Kier alpha value is -0.710. The molecule has 1 heterocycles. The summed E-state index contributed by atoms with van der Waals surface area (Å²) in [6.07, 6.45) is 4.89. The van der Waals surface area contributed by atoms with Gasteiger partial charge in [0.2, 0.25) is 0 Å². The van der Waals surface area contributed by atoms with Crippen LogP contribution in [0.1, 0.15) is 32.6 Å². The lowest BCUT2D eigenvalue weighted by atomic mass is 10.2. The third-order valence-electron chi connectivity index (χ3n) is 1.53. The highest BCUT2D eigenvalue weighted by atomic mass is 32.3. The molecule has 70 valence electrons. The normalized spacial score (nSPS) is 19.6. The van der Waals surface area contributed by atoms with Crippen LogP contribution in [0.3, 0.4) is 0 Å². The van der Waals surface area contributed by atoms with Gasteiger partial charge in [-0.3, -0.25) is 0 Å². The summed E-state index contributed by atoms with van der Waals surface area (Å²) in [4.78, 5) is 0. The van der Waals surface area contributed by atoms with Gasteiger partial charge < -0.3 is 8.37 Å². The smallest absolute Gasteiger partial charge is 0.357 e. The Bertz CT molecular complexity index is 265.